The van der Waals surface area contributed by atoms with Crippen molar-refractivity contribution in [3.8, 4) is 0 Å². The van der Waals surface area contributed by atoms with E-state index in [1.807, 2.05) is 0 Å². The highest BCUT2D eigenvalue weighted by molar-refractivity contribution is 5.75. The SMILES string of the molecule is C=CNC(=O)NC1(C)CCCN(C)C1. The lowest BCUT2D eigenvalue weighted by Crippen LogP contribution is -2.57. The number of nitrogens with one attached hydrogen (secondary N) is 2. The van der Waals surface area contributed by atoms with Crippen LogP contribution in [-0.2, 0) is 0 Å². The number of hydrogen-bond donors (Lipinski definition) is 2. The van der Waals surface area contributed by atoms with Gasteiger partial charge in [0.25, 0.3) is 0 Å². The van der Waals surface area contributed by atoms with Crippen molar-refractivity contribution in [3.05, 3.63) is 12.8 Å². The van der Waals surface area contributed by atoms with Crippen molar-refractivity contribution in [2.45, 2.75) is 25.3 Å². The maximum atomic E-state index is 11.3. The van der Waals surface area contributed by atoms with E-state index in [1.54, 1.807) is 0 Å². The Kier molecular flexibility index (Phi) is 3.52. The van der Waals surface area contributed by atoms with Crippen LogP contribution in [-0.4, -0.2) is 36.6 Å². The highest BCUT2D eigenvalue weighted by atomic mass is 16.2. The molecule has 0 aromatic heterocycles. The summed E-state index contributed by atoms with van der Waals surface area (Å²) in [6, 6.07) is -0.169. The van der Waals surface area contributed by atoms with Gasteiger partial charge in [-0.15, -0.1) is 0 Å². The zero-order valence-corrected chi connectivity index (χ0v) is 8.97. The summed E-state index contributed by atoms with van der Waals surface area (Å²) < 4.78 is 0. The quantitative estimate of drug-likeness (QED) is 0.691. The molecule has 1 fully saturated rings. The van der Waals surface area contributed by atoms with Gasteiger partial charge in [0.05, 0.1) is 5.54 Å². The first-order valence-electron chi connectivity index (χ1n) is 4.94. The van der Waals surface area contributed by atoms with E-state index in [9.17, 15) is 4.79 Å². The van der Waals surface area contributed by atoms with E-state index >= 15 is 0 Å². The van der Waals surface area contributed by atoms with Crippen molar-refractivity contribution in [1.29, 1.82) is 0 Å². The molecule has 0 radical (unpaired) electrons. The number of piperidine rings is 1. The van der Waals surface area contributed by atoms with Crippen LogP contribution < -0.4 is 10.6 Å². The Labute approximate surface area is 85.3 Å². The molecule has 1 saturated heterocycles. The van der Waals surface area contributed by atoms with Gasteiger partial charge in [0, 0.05) is 6.54 Å². The Balaban J connectivity index is 2.47. The molecule has 4 heteroatoms. The van der Waals surface area contributed by atoms with E-state index in [2.05, 4.69) is 36.1 Å². The summed E-state index contributed by atoms with van der Waals surface area (Å²) in [6.07, 6.45) is 3.55. The van der Waals surface area contributed by atoms with Gasteiger partial charge >= 0.3 is 6.03 Å². The second kappa shape index (κ2) is 4.46. The van der Waals surface area contributed by atoms with E-state index in [-0.39, 0.29) is 11.6 Å². The summed E-state index contributed by atoms with van der Waals surface area (Å²) in [5, 5.41) is 5.49. The molecule has 0 saturated carbocycles. The maximum absolute atomic E-state index is 11.3. The molecule has 1 aliphatic rings. The Hall–Kier alpha value is -1.03. The molecule has 4 nitrogen and oxygen atoms in total. The molecule has 2 amide bonds. The fourth-order valence-electron chi connectivity index (χ4n) is 2.00. The minimum absolute atomic E-state index is 0.111. The van der Waals surface area contributed by atoms with Gasteiger partial charge in [0.1, 0.15) is 0 Å². The molecule has 0 aromatic rings. The van der Waals surface area contributed by atoms with Crippen LogP contribution in [0.3, 0.4) is 0 Å². The molecule has 1 aliphatic heterocycles. The minimum Gasteiger partial charge on any atom is -0.331 e. The molecule has 0 aromatic carbocycles. The van der Waals surface area contributed by atoms with E-state index in [1.165, 1.54) is 6.20 Å². The highest BCUT2D eigenvalue weighted by Crippen LogP contribution is 2.19. The minimum atomic E-state index is -0.169. The van der Waals surface area contributed by atoms with Crippen LogP contribution in [0.1, 0.15) is 19.8 Å². The Morgan fingerprint density at radius 3 is 2.93 bits per heavy atom. The molecule has 1 unspecified atom stereocenters. The summed E-state index contributed by atoms with van der Waals surface area (Å²) in [5.74, 6) is 0. The first-order valence-corrected chi connectivity index (χ1v) is 4.94. The third kappa shape index (κ3) is 3.03. The summed E-state index contributed by atoms with van der Waals surface area (Å²) in [4.78, 5) is 13.5. The van der Waals surface area contributed by atoms with Crippen LogP contribution in [0.5, 0.6) is 0 Å². The lowest BCUT2D eigenvalue weighted by Gasteiger charge is -2.39. The molecule has 1 rings (SSSR count). The first-order chi connectivity index (χ1) is 6.56. The Bertz CT molecular complexity index is 229. The van der Waals surface area contributed by atoms with Crippen molar-refractivity contribution < 1.29 is 4.79 Å². The van der Waals surface area contributed by atoms with Crippen molar-refractivity contribution >= 4 is 6.03 Å². The number of carbonyl (C=O) groups excluding carboxylic acids is 1. The fraction of sp³-hybridized carbons (Fsp3) is 0.700. The molecular weight excluding hydrogens is 178 g/mol. The zero-order chi connectivity index (χ0) is 10.6. The van der Waals surface area contributed by atoms with Crippen molar-refractivity contribution in [3.63, 3.8) is 0 Å². The predicted octanol–water partition coefficient (Wildman–Crippen LogP) is 0.913. The molecule has 0 spiro atoms. The molecule has 14 heavy (non-hydrogen) atoms. The zero-order valence-electron chi connectivity index (χ0n) is 8.97. The topological polar surface area (TPSA) is 44.4 Å². The van der Waals surface area contributed by atoms with E-state index < -0.39 is 0 Å². The second-order valence-corrected chi connectivity index (χ2v) is 4.20. The Morgan fingerprint density at radius 2 is 2.36 bits per heavy atom. The van der Waals surface area contributed by atoms with Gasteiger partial charge in [-0.2, -0.15) is 0 Å². The smallest absolute Gasteiger partial charge is 0.319 e. The lowest BCUT2D eigenvalue weighted by molar-refractivity contribution is 0.159. The molecule has 0 bridgehead atoms. The van der Waals surface area contributed by atoms with E-state index in [4.69, 9.17) is 0 Å². The number of amides is 2. The summed E-state index contributed by atoms with van der Waals surface area (Å²) in [6.45, 7) is 7.54. The molecule has 2 N–H and O–H groups in total. The molecule has 80 valence electrons. The first kappa shape index (κ1) is 11.0. The predicted molar refractivity (Wildman–Crippen MR) is 57.0 cm³/mol. The van der Waals surface area contributed by atoms with Crippen molar-refractivity contribution in [1.82, 2.24) is 15.5 Å². The maximum Gasteiger partial charge on any atom is 0.319 e. The average molecular weight is 197 g/mol. The third-order valence-corrected chi connectivity index (χ3v) is 2.54. The van der Waals surface area contributed by atoms with Gasteiger partial charge in [-0.3, -0.25) is 0 Å². The van der Waals surface area contributed by atoms with Crippen LogP contribution in [0, 0.1) is 0 Å². The number of likely N-dealkylation sites (tertiary alicyclic amines) is 1. The summed E-state index contributed by atoms with van der Waals surface area (Å²) in [5.41, 5.74) is -0.111. The van der Waals surface area contributed by atoms with Crippen LogP contribution in [0.15, 0.2) is 12.8 Å². The lowest BCUT2D eigenvalue weighted by atomic mass is 9.91. The second-order valence-electron chi connectivity index (χ2n) is 4.20. The number of urea groups is 1. The third-order valence-electron chi connectivity index (χ3n) is 2.54. The van der Waals surface area contributed by atoms with Crippen molar-refractivity contribution in [2.75, 3.05) is 20.1 Å². The van der Waals surface area contributed by atoms with Gasteiger partial charge in [0.2, 0.25) is 0 Å². The van der Waals surface area contributed by atoms with E-state index in [0.717, 1.165) is 25.9 Å². The number of rotatable bonds is 2. The van der Waals surface area contributed by atoms with Gasteiger partial charge in [-0.25, -0.2) is 4.79 Å². The van der Waals surface area contributed by atoms with Gasteiger partial charge in [0.15, 0.2) is 0 Å². The van der Waals surface area contributed by atoms with Crippen LogP contribution in [0.25, 0.3) is 0 Å². The summed E-state index contributed by atoms with van der Waals surface area (Å²) in [7, 11) is 2.07. The fourth-order valence-corrected chi connectivity index (χ4v) is 2.00. The molecule has 1 atom stereocenters. The average Bonchev–Trinajstić information content (AvgIpc) is 2.02. The van der Waals surface area contributed by atoms with Gasteiger partial charge in [-0.1, -0.05) is 6.58 Å². The number of likely N-dealkylation sites (N-methyl/N-ethyl adjacent to an activating group) is 1. The van der Waals surface area contributed by atoms with Crippen molar-refractivity contribution in [2.24, 2.45) is 0 Å². The number of carbonyl (C=O) groups is 1. The molecule has 1 heterocycles. The van der Waals surface area contributed by atoms with Gasteiger partial charge in [-0.05, 0) is 39.6 Å². The monoisotopic (exact) mass is 197 g/mol. The molecule has 0 aliphatic carbocycles. The highest BCUT2D eigenvalue weighted by Gasteiger charge is 2.30. The molecular formula is C10H19N3O. The number of hydrogen-bond acceptors (Lipinski definition) is 2. The normalized spacial score (nSPS) is 28.1. The van der Waals surface area contributed by atoms with E-state index in [0.29, 0.717) is 0 Å². The van der Waals surface area contributed by atoms with Crippen LogP contribution >= 0.6 is 0 Å². The largest absolute Gasteiger partial charge is 0.331 e. The van der Waals surface area contributed by atoms with Crippen LogP contribution in [0.4, 0.5) is 4.79 Å². The number of nitrogens with zero attached hydrogens (tertiary/aromatic N) is 1. The Morgan fingerprint density at radius 1 is 1.64 bits per heavy atom. The standard InChI is InChI=1S/C10H19N3O/c1-4-11-9(14)12-10(2)6-5-7-13(3)8-10/h4H,1,5-8H2,2-3H3,(H2,11,12,14). The van der Waals surface area contributed by atoms with Crippen LogP contribution in [0.2, 0.25) is 0 Å². The summed E-state index contributed by atoms with van der Waals surface area (Å²) >= 11 is 0. The van der Waals surface area contributed by atoms with Gasteiger partial charge < -0.3 is 15.5 Å².